The third-order valence-electron chi connectivity index (χ3n) is 5.71. The number of carbonyl (C=O) groups is 1. The lowest BCUT2D eigenvalue weighted by molar-refractivity contribution is -0.145. The van der Waals surface area contributed by atoms with Gasteiger partial charge in [0.25, 0.3) is 0 Å². The Balaban J connectivity index is 1.65. The van der Waals surface area contributed by atoms with Crippen LogP contribution in [0.1, 0.15) is 31.7 Å². The number of methoxy groups -OCH3 is 1. The fourth-order valence-corrected chi connectivity index (χ4v) is 6.02. The molecule has 1 aromatic carbocycles. The van der Waals surface area contributed by atoms with Gasteiger partial charge >= 0.3 is 5.97 Å². The van der Waals surface area contributed by atoms with Gasteiger partial charge in [-0.25, -0.2) is 18.1 Å². The molecule has 1 aromatic rings. The van der Waals surface area contributed by atoms with Crippen LogP contribution in [-0.4, -0.2) is 50.3 Å². The highest BCUT2D eigenvalue weighted by atomic mass is 32.2. The quantitative estimate of drug-likeness (QED) is 0.706. The van der Waals surface area contributed by atoms with Crippen molar-refractivity contribution in [3.8, 4) is 0 Å². The molecule has 150 valence electrons. The Bertz CT molecular complexity index is 733. The molecule has 0 bridgehead atoms. The predicted octanol–water partition coefficient (Wildman–Crippen LogP) is 1.27. The molecule has 3 rings (SSSR count). The number of esters is 1. The van der Waals surface area contributed by atoms with Gasteiger partial charge in [-0.2, -0.15) is 0 Å². The number of rotatable bonds is 6. The van der Waals surface area contributed by atoms with Crippen LogP contribution in [0.25, 0.3) is 0 Å². The summed E-state index contributed by atoms with van der Waals surface area (Å²) in [6, 6.07) is 10.0. The predicted molar refractivity (Wildman–Crippen MR) is 103 cm³/mol. The van der Waals surface area contributed by atoms with E-state index in [0.29, 0.717) is 25.4 Å². The third kappa shape index (κ3) is 4.34. The van der Waals surface area contributed by atoms with Gasteiger partial charge in [0, 0.05) is 19.1 Å². The van der Waals surface area contributed by atoms with E-state index in [9.17, 15) is 13.2 Å². The highest BCUT2D eigenvalue weighted by molar-refractivity contribution is 7.89. The Labute approximate surface area is 161 Å². The highest BCUT2D eigenvalue weighted by Crippen LogP contribution is 2.29. The van der Waals surface area contributed by atoms with E-state index in [2.05, 4.69) is 23.0 Å². The maximum Gasteiger partial charge on any atom is 0.313 e. The van der Waals surface area contributed by atoms with Crippen LogP contribution in [0.2, 0.25) is 0 Å². The molecule has 2 saturated heterocycles. The van der Waals surface area contributed by atoms with Gasteiger partial charge in [-0.15, -0.1) is 0 Å². The summed E-state index contributed by atoms with van der Waals surface area (Å²) in [5, 5.41) is -0.986. The number of ether oxygens (including phenoxy) is 1. The molecule has 2 heterocycles. The molecule has 0 radical (unpaired) electrons. The Morgan fingerprint density at radius 1 is 1.19 bits per heavy atom. The van der Waals surface area contributed by atoms with E-state index < -0.39 is 27.3 Å². The molecule has 3 atom stereocenters. The largest absolute Gasteiger partial charge is 0.469 e. The molecule has 0 amide bonds. The van der Waals surface area contributed by atoms with Crippen molar-refractivity contribution in [2.24, 2.45) is 11.8 Å². The maximum absolute atomic E-state index is 13.2. The van der Waals surface area contributed by atoms with Gasteiger partial charge in [-0.3, -0.25) is 10.2 Å². The number of piperidine rings is 1. The number of benzene rings is 1. The Kier molecular flexibility index (Phi) is 6.52. The number of hydrazine groups is 1. The zero-order chi connectivity index (χ0) is 19.4. The first-order valence-electron chi connectivity index (χ1n) is 9.59. The van der Waals surface area contributed by atoms with E-state index in [4.69, 9.17) is 4.74 Å². The fraction of sp³-hybridized carbons (Fsp3) is 0.632. The van der Waals surface area contributed by atoms with Crippen molar-refractivity contribution < 1.29 is 17.9 Å². The van der Waals surface area contributed by atoms with Crippen molar-refractivity contribution >= 4 is 16.0 Å². The zero-order valence-electron chi connectivity index (χ0n) is 15.9. The molecule has 2 aliphatic heterocycles. The van der Waals surface area contributed by atoms with Crippen LogP contribution >= 0.6 is 0 Å². The van der Waals surface area contributed by atoms with Crippen molar-refractivity contribution in [2.45, 2.75) is 44.0 Å². The van der Waals surface area contributed by atoms with Gasteiger partial charge in [0.1, 0.15) is 5.92 Å². The molecular weight excluding hydrogens is 366 g/mol. The molecule has 2 N–H and O–H groups in total. The van der Waals surface area contributed by atoms with Crippen LogP contribution in [-0.2, 0) is 26.0 Å². The minimum atomic E-state index is -3.65. The second-order valence-corrected chi connectivity index (χ2v) is 9.40. The maximum atomic E-state index is 13.2. The number of hydrogen-bond donors (Lipinski definition) is 2. The van der Waals surface area contributed by atoms with Crippen LogP contribution in [0.15, 0.2) is 30.3 Å². The summed E-state index contributed by atoms with van der Waals surface area (Å²) in [6.07, 6.45) is 3.27. The lowest BCUT2D eigenvalue weighted by Crippen LogP contribution is -2.51. The molecule has 2 fully saturated rings. The lowest BCUT2D eigenvalue weighted by Gasteiger charge is -2.34. The first kappa shape index (κ1) is 20.3. The van der Waals surface area contributed by atoms with Crippen LogP contribution in [0.4, 0.5) is 0 Å². The number of nitrogens with zero attached hydrogens (tertiary/aromatic N) is 1. The summed E-state index contributed by atoms with van der Waals surface area (Å²) in [6.45, 7) is 2.89. The minimum Gasteiger partial charge on any atom is -0.469 e. The minimum absolute atomic E-state index is 0.257. The molecule has 0 saturated carbocycles. The molecular formula is C19H29N3O4S. The van der Waals surface area contributed by atoms with Gasteiger partial charge in [-0.05, 0) is 37.2 Å². The van der Waals surface area contributed by atoms with Crippen LogP contribution in [0, 0.1) is 11.8 Å². The summed E-state index contributed by atoms with van der Waals surface area (Å²) < 4.78 is 32.7. The van der Waals surface area contributed by atoms with Crippen molar-refractivity contribution in [1.82, 2.24) is 15.2 Å². The van der Waals surface area contributed by atoms with Gasteiger partial charge in [0.15, 0.2) is 5.37 Å². The number of hydrogen-bond acceptors (Lipinski definition) is 6. The van der Waals surface area contributed by atoms with Gasteiger partial charge in [0.05, 0.1) is 7.11 Å². The SMILES string of the molecule is CCC1NNC(S(=O)(=O)N2CCC(Cc3ccccc3)CC2)C1C(=O)OC. The summed E-state index contributed by atoms with van der Waals surface area (Å²) >= 11 is 0. The number of nitrogens with one attached hydrogen (secondary N) is 2. The van der Waals surface area contributed by atoms with Crippen LogP contribution in [0.5, 0.6) is 0 Å². The normalized spacial score (nSPS) is 27.6. The second kappa shape index (κ2) is 8.68. The van der Waals surface area contributed by atoms with E-state index in [0.717, 1.165) is 19.3 Å². The fourth-order valence-electron chi connectivity index (χ4n) is 4.10. The van der Waals surface area contributed by atoms with Crippen LogP contribution < -0.4 is 10.9 Å². The average Bonchev–Trinajstić information content (AvgIpc) is 3.13. The Morgan fingerprint density at radius 3 is 2.44 bits per heavy atom. The summed E-state index contributed by atoms with van der Waals surface area (Å²) in [5.41, 5.74) is 7.07. The van der Waals surface area contributed by atoms with Crippen LogP contribution in [0.3, 0.4) is 0 Å². The number of sulfonamides is 1. The van der Waals surface area contributed by atoms with E-state index >= 15 is 0 Å². The summed E-state index contributed by atoms with van der Waals surface area (Å²) in [5.74, 6) is -0.757. The first-order valence-corrected chi connectivity index (χ1v) is 11.1. The van der Waals surface area contributed by atoms with E-state index in [1.165, 1.54) is 17.0 Å². The van der Waals surface area contributed by atoms with Crippen molar-refractivity contribution in [1.29, 1.82) is 0 Å². The molecule has 0 spiro atoms. The third-order valence-corrected chi connectivity index (χ3v) is 7.84. The molecule has 7 nitrogen and oxygen atoms in total. The highest BCUT2D eigenvalue weighted by Gasteiger charge is 2.50. The molecule has 3 unspecified atom stereocenters. The summed E-state index contributed by atoms with van der Waals surface area (Å²) in [7, 11) is -2.35. The van der Waals surface area contributed by atoms with Gasteiger partial charge < -0.3 is 4.74 Å². The van der Waals surface area contributed by atoms with E-state index in [-0.39, 0.29) is 6.04 Å². The molecule has 0 aliphatic carbocycles. The topological polar surface area (TPSA) is 87.7 Å². The lowest BCUT2D eigenvalue weighted by atomic mass is 9.91. The first-order chi connectivity index (χ1) is 13.0. The van der Waals surface area contributed by atoms with Crippen molar-refractivity contribution in [3.05, 3.63) is 35.9 Å². The number of carbonyl (C=O) groups excluding carboxylic acids is 1. The standard InChI is InChI=1S/C19H29N3O4S/c1-3-16-17(19(23)26-2)18(21-20-16)27(24,25)22-11-9-15(10-12-22)13-14-7-5-4-6-8-14/h4-8,15-18,20-21H,3,9-13H2,1-2H3. The summed E-state index contributed by atoms with van der Waals surface area (Å²) in [4.78, 5) is 12.2. The van der Waals surface area contributed by atoms with Gasteiger partial charge in [-0.1, -0.05) is 37.3 Å². The second-order valence-electron chi connectivity index (χ2n) is 7.35. The Morgan fingerprint density at radius 2 is 1.85 bits per heavy atom. The van der Waals surface area contributed by atoms with E-state index in [1.807, 2.05) is 25.1 Å². The van der Waals surface area contributed by atoms with Crippen molar-refractivity contribution in [3.63, 3.8) is 0 Å². The molecule has 0 aromatic heterocycles. The molecule has 27 heavy (non-hydrogen) atoms. The van der Waals surface area contributed by atoms with E-state index in [1.54, 1.807) is 0 Å². The van der Waals surface area contributed by atoms with Gasteiger partial charge in [0.2, 0.25) is 10.0 Å². The molecule has 8 heteroatoms. The average molecular weight is 396 g/mol. The Hall–Kier alpha value is -1.48. The smallest absolute Gasteiger partial charge is 0.313 e. The monoisotopic (exact) mass is 395 g/mol. The zero-order valence-corrected chi connectivity index (χ0v) is 16.7. The van der Waals surface area contributed by atoms with Crippen molar-refractivity contribution in [2.75, 3.05) is 20.2 Å². The molecule has 2 aliphatic rings.